The zero-order chi connectivity index (χ0) is 24.6. The van der Waals surface area contributed by atoms with Crippen LogP contribution in [0.15, 0.2) is 77.9 Å². The van der Waals surface area contributed by atoms with Gasteiger partial charge in [-0.3, -0.25) is 9.10 Å². The largest absolute Gasteiger partial charge is 0.493 e. The molecule has 1 amide bonds. The van der Waals surface area contributed by atoms with Crippen molar-refractivity contribution in [3.05, 3.63) is 89.7 Å². The highest BCUT2D eigenvalue weighted by molar-refractivity contribution is 7.92. The van der Waals surface area contributed by atoms with E-state index >= 15 is 0 Å². The van der Waals surface area contributed by atoms with E-state index in [9.17, 15) is 17.6 Å². The van der Waals surface area contributed by atoms with Crippen LogP contribution < -0.4 is 19.2 Å². The van der Waals surface area contributed by atoms with Gasteiger partial charge >= 0.3 is 0 Å². The molecule has 10 heteroatoms. The first-order chi connectivity index (χ1) is 16.3. The van der Waals surface area contributed by atoms with Crippen molar-refractivity contribution in [1.29, 1.82) is 0 Å². The highest BCUT2D eigenvalue weighted by Gasteiger charge is 2.20. The number of sulfonamides is 1. The third kappa shape index (κ3) is 7.04. The van der Waals surface area contributed by atoms with Gasteiger partial charge in [-0.2, -0.15) is 5.10 Å². The van der Waals surface area contributed by atoms with Crippen molar-refractivity contribution in [2.45, 2.75) is 6.61 Å². The van der Waals surface area contributed by atoms with Gasteiger partial charge in [-0.25, -0.2) is 18.2 Å². The van der Waals surface area contributed by atoms with E-state index in [0.29, 0.717) is 23.7 Å². The molecule has 0 saturated carbocycles. The summed E-state index contributed by atoms with van der Waals surface area (Å²) in [5.74, 6) is -0.139. The number of anilines is 1. The van der Waals surface area contributed by atoms with E-state index in [1.807, 2.05) is 30.3 Å². The number of hydrogen-bond donors (Lipinski definition) is 1. The Morgan fingerprint density at radius 2 is 1.76 bits per heavy atom. The van der Waals surface area contributed by atoms with Crippen molar-refractivity contribution in [3.63, 3.8) is 0 Å². The molecule has 0 fully saturated rings. The molecule has 0 atom stereocenters. The van der Waals surface area contributed by atoms with Crippen LogP contribution in [0.4, 0.5) is 10.1 Å². The fourth-order valence-electron chi connectivity index (χ4n) is 2.97. The Morgan fingerprint density at radius 3 is 2.41 bits per heavy atom. The van der Waals surface area contributed by atoms with Crippen molar-refractivity contribution in [2.75, 3.05) is 24.2 Å². The van der Waals surface area contributed by atoms with E-state index in [0.717, 1.165) is 28.3 Å². The Morgan fingerprint density at radius 1 is 1.06 bits per heavy atom. The molecule has 0 bridgehead atoms. The van der Waals surface area contributed by atoms with Gasteiger partial charge in [0.2, 0.25) is 10.0 Å². The second-order valence-electron chi connectivity index (χ2n) is 7.22. The minimum absolute atomic E-state index is 0.166. The standard InChI is InChI=1S/C24H24FN3O5S/c1-32-23-14-19(8-13-22(23)33-17-18-6-4-3-5-7-18)15-26-27-24(29)16-28(34(2,30)31)21-11-9-20(25)10-12-21/h3-15H,16-17H2,1-2H3,(H,27,29)/b26-15-. The van der Waals surface area contributed by atoms with Gasteiger partial charge in [-0.15, -0.1) is 0 Å². The van der Waals surface area contributed by atoms with E-state index < -0.39 is 28.3 Å². The number of nitrogens with zero attached hydrogens (tertiary/aromatic N) is 2. The van der Waals surface area contributed by atoms with Crippen LogP contribution in [-0.2, 0) is 21.4 Å². The van der Waals surface area contributed by atoms with Gasteiger partial charge in [0.25, 0.3) is 5.91 Å². The van der Waals surface area contributed by atoms with Crippen LogP contribution in [0.2, 0.25) is 0 Å². The Bertz CT molecular complexity index is 1250. The smallest absolute Gasteiger partial charge is 0.260 e. The lowest BCUT2D eigenvalue weighted by Crippen LogP contribution is -2.39. The number of nitrogens with one attached hydrogen (secondary N) is 1. The van der Waals surface area contributed by atoms with Gasteiger partial charge in [0, 0.05) is 0 Å². The summed E-state index contributed by atoms with van der Waals surface area (Å²) in [6, 6.07) is 19.6. The van der Waals surface area contributed by atoms with Crippen LogP contribution in [0.5, 0.6) is 11.5 Å². The fourth-order valence-corrected chi connectivity index (χ4v) is 3.83. The monoisotopic (exact) mass is 485 g/mol. The maximum absolute atomic E-state index is 13.2. The van der Waals surface area contributed by atoms with E-state index in [2.05, 4.69) is 10.5 Å². The summed E-state index contributed by atoms with van der Waals surface area (Å²) in [7, 11) is -2.26. The highest BCUT2D eigenvalue weighted by Crippen LogP contribution is 2.28. The van der Waals surface area contributed by atoms with Gasteiger partial charge in [0.15, 0.2) is 11.5 Å². The van der Waals surface area contributed by atoms with Gasteiger partial charge in [-0.1, -0.05) is 30.3 Å². The number of carbonyl (C=O) groups excluding carboxylic acids is 1. The fraction of sp³-hybridized carbons (Fsp3) is 0.167. The number of carbonyl (C=O) groups is 1. The van der Waals surface area contributed by atoms with Crippen molar-refractivity contribution < 1.29 is 27.1 Å². The van der Waals surface area contributed by atoms with Gasteiger partial charge in [0.1, 0.15) is 19.0 Å². The van der Waals surface area contributed by atoms with Gasteiger partial charge in [-0.05, 0) is 53.6 Å². The van der Waals surface area contributed by atoms with E-state index in [4.69, 9.17) is 9.47 Å². The summed E-state index contributed by atoms with van der Waals surface area (Å²) in [5.41, 5.74) is 4.10. The summed E-state index contributed by atoms with van der Waals surface area (Å²) in [6.45, 7) is -0.136. The van der Waals surface area contributed by atoms with E-state index in [1.54, 1.807) is 18.2 Å². The zero-order valence-corrected chi connectivity index (χ0v) is 19.5. The Labute approximate surface area is 197 Å². The van der Waals surface area contributed by atoms with E-state index in [-0.39, 0.29) is 5.69 Å². The molecule has 1 N–H and O–H groups in total. The second kappa shape index (κ2) is 11.3. The summed E-state index contributed by atoms with van der Waals surface area (Å²) in [6.07, 6.45) is 2.35. The van der Waals surface area contributed by atoms with Gasteiger partial charge in [0.05, 0.1) is 25.3 Å². The average Bonchev–Trinajstić information content (AvgIpc) is 2.82. The molecule has 178 valence electrons. The van der Waals surface area contributed by atoms with Crippen LogP contribution >= 0.6 is 0 Å². The number of halogens is 1. The summed E-state index contributed by atoms with van der Waals surface area (Å²) in [5, 5.41) is 3.88. The number of methoxy groups -OCH3 is 1. The third-order valence-corrected chi connectivity index (χ3v) is 5.77. The number of amides is 1. The summed E-state index contributed by atoms with van der Waals surface area (Å²) < 4.78 is 49.4. The lowest BCUT2D eigenvalue weighted by atomic mass is 10.2. The minimum atomic E-state index is -3.77. The Balaban J connectivity index is 1.62. The molecule has 8 nitrogen and oxygen atoms in total. The first-order valence-corrected chi connectivity index (χ1v) is 12.0. The first-order valence-electron chi connectivity index (χ1n) is 10.2. The number of hydrogen-bond acceptors (Lipinski definition) is 6. The number of benzene rings is 3. The predicted octanol–water partition coefficient (Wildman–Crippen LogP) is 3.33. The summed E-state index contributed by atoms with van der Waals surface area (Å²) >= 11 is 0. The molecular weight excluding hydrogens is 461 g/mol. The Kier molecular flexibility index (Phi) is 8.20. The number of ether oxygens (including phenoxy) is 2. The van der Waals surface area contributed by atoms with Crippen molar-refractivity contribution >= 4 is 27.8 Å². The maximum Gasteiger partial charge on any atom is 0.260 e. The third-order valence-electron chi connectivity index (χ3n) is 4.63. The lowest BCUT2D eigenvalue weighted by Gasteiger charge is -2.21. The molecule has 0 saturated heterocycles. The molecule has 3 rings (SSSR count). The number of hydrazone groups is 1. The van der Waals surface area contributed by atoms with Crippen LogP contribution in [0.25, 0.3) is 0 Å². The molecule has 3 aromatic carbocycles. The molecule has 0 radical (unpaired) electrons. The Hall–Kier alpha value is -3.92. The molecule has 0 aliphatic carbocycles. The maximum atomic E-state index is 13.2. The van der Waals surface area contributed by atoms with E-state index in [1.165, 1.54) is 25.5 Å². The predicted molar refractivity (Wildman–Crippen MR) is 128 cm³/mol. The molecular formula is C24H24FN3O5S. The van der Waals surface area contributed by atoms with Crippen molar-refractivity contribution in [3.8, 4) is 11.5 Å². The lowest BCUT2D eigenvalue weighted by molar-refractivity contribution is -0.119. The molecule has 0 spiro atoms. The van der Waals surface area contributed by atoms with Crippen molar-refractivity contribution in [2.24, 2.45) is 5.10 Å². The molecule has 0 unspecified atom stereocenters. The molecule has 34 heavy (non-hydrogen) atoms. The normalized spacial score (nSPS) is 11.3. The van der Waals surface area contributed by atoms with Gasteiger partial charge < -0.3 is 9.47 Å². The van der Waals surface area contributed by atoms with Crippen molar-refractivity contribution in [1.82, 2.24) is 5.43 Å². The first kappa shape index (κ1) is 24.7. The SMILES string of the molecule is COc1cc(/C=N\NC(=O)CN(c2ccc(F)cc2)S(C)(=O)=O)ccc1OCc1ccccc1. The van der Waals surface area contributed by atoms with Crippen LogP contribution in [-0.4, -0.2) is 40.4 Å². The molecule has 0 aliphatic rings. The second-order valence-corrected chi connectivity index (χ2v) is 9.13. The highest BCUT2D eigenvalue weighted by atomic mass is 32.2. The summed E-state index contributed by atoms with van der Waals surface area (Å²) in [4.78, 5) is 12.3. The van der Waals surface area contributed by atoms with Crippen LogP contribution in [0.3, 0.4) is 0 Å². The van der Waals surface area contributed by atoms with Crippen LogP contribution in [0, 0.1) is 5.82 Å². The number of rotatable bonds is 10. The topological polar surface area (TPSA) is 97.3 Å². The molecule has 3 aromatic rings. The average molecular weight is 486 g/mol. The minimum Gasteiger partial charge on any atom is -0.493 e. The molecule has 0 aliphatic heterocycles. The molecule has 0 heterocycles. The zero-order valence-electron chi connectivity index (χ0n) is 18.6. The molecule has 0 aromatic heterocycles. The quantitative estimate of drug-likeness (QED) is 0.351. The van der Waals surface area contributed by atoms with Crippen LogP contribution in [0.1, 0.15) is 11.1 Å².